The van der Waals surface area contributed by atoms with E-state index in [1.54, 1.807) is 0 Å². The van der Waals surface area contributed by atoms with Gasteiger partial charge in [0.1, 0.15) is 5.76 Å². The van der Waals surface area contributed by atoms with Crippen LogP contribution in [0.5, 0.6) is 5.75 Å². The van der Waals surface area contributed by atoms with Crippen molar-refractivity contribution >= 4 is 46.3 Å². The van der Waals surface area contributed by atoms with E-state index in [1.165, 1.54) is 101 Å². The number of nitrogens with zero attached hydrogens (tertiary/aromatic N) is 3. The third-order valence-electron chi connectivity index (χ3n) is 15.1. The average Bonchev–Trinajstić information content (AvgIpc) is 3.72. The molecule has 66 heavy (non-hydrogen) atoms. The molecule has 0 aromatic heterocycles. The first-order valence-electron chi connectivity index (χ1n) is 23.6. The second kappa shape index (κ2) is 14.5. The van der Waals surface area contributed by atoms with Gasteiger partial charge in [0.2, 0.25) is 0 Å². The molecule has 0 radical (unpaired) electrons. The van der Waals surface area contributed by atoms with Crippen molar-refractivity contribution in [3.05, 3.63) is 232 Å². The summed E-state index contributed by atoms with van der Waals surface area (Å²) in [5.41, 5.74) is 23.8. The molecule has 4 heteroatoms. The number of ether oxygens (including phenoxy) is 1. The molecule has 7 aromatic carbocycles. The molecular formula is C62H51N3O. The van der Waals surface area contributed by atoms with Gasteiger partial charge in [0.05, 0.1) is 28.5 Å². The maximum Gasteiger partial charge on any atom is 0.151 e. The number of allylic oxidation sites excluding steroid dienone is 6. The van der Waals surface area contributed by atoms with Crippen LogP contribution in [-0.2, 0) is 10.8 Å². The van der Waals surface area contributed by atoms with Gasteiger partial charge in [-0.25, -0.2) is 0 Å². The van der Waals surface area contributed by atoms with Gasteiger partial charge < -0.3 is 19.4 Å². The predicted molar refractivity (Wildman–Crippen MR) is 274 cm³/mol. The minimum absolute atomic E-state index is 0.161. The summed E-state index contributed by atoms with van der Waals surface area (Å²) in [6, 6.07) is 56.4. The number of fused-ring (bicyclic) bond motifs is 8. The van der Waals surface area contributed by atoms with Gasteiger partial charge in [0.15, 0.2) is 5.75 Å². The molecular weight excluding hydrogens is 803 g/mol. The standard InChI is InChI=1S/C62H51N3O/c1-61(2)49-36-40(28-32-45(49)47-34-30-43(38-51(47)61)64-55-20-10-8-18-53(55)63(42-16-6-5-7-17-42)54-19-9-11-21-56(54)64)26-27-41-29-33-46-48-35-31-44(39-52(48)62(3,4)50(46)37-41)65-57-22-12-14-24-59(57)66-60-25-15-13-23-58(60)65/h5-10,12,14-20,22,24-39H,11,13,21,23H2,1-4H3/b27-26+. The maximum absolute atomic E-state index is 6.39. The molecule has 0 atom stereocenters. The zero-order chi connectivity index (χ0) is 44.3. The Hall–Kier alpha value is -7.56. The van der Waals surface area contributed by atoms with Crippen LogP contribution in [0.25, 0.3) is 34.4 Å². The van der Waals surface area contributed by atoms with Crippen LogP contribution in [0.15, 0.2) is 199 Å². The third kappa shape index (κ3) is 5.77. The fraction of sp³-hybridized carbons (Fsp3) is 0.161. The Morgan fingerprint density at radius 2 is 0.924 bits per heavy atom. The summed E-state index contributed by atoms with van der Waals surface area (Å²) in [5.74, 6) is 1.85. The first-order chi connectivity index (χ1) is 32.2. The molecule has 0 amide bonds. The van der Waals surface area contributed by atoms with Gasteiger partial charge in [-0.3, -0.25) is 0 Å². The lowest BCUT2D eigenvalue weighted by atomic mass is 9.81. The smallest absolute Gasteiger partial charge is 0.151 e. The van der Waals surface area contributed by atoms with E-state index in [2.05, 4.69) is 231 Å². The van der Waals surface area contributed by atoms with Gasteiger partial charge in [-0.1, -0.05) is 143 Å². The lowest BCUT2D eigenvalue weighted by molar-refractivity contribution is 0.421. The Morgan fingerprint density at radius 3 is 1.55 bits per heavy atom. The topological polar surface area (TPSA) is 19.0 Å². The van der Waals surface area contributed by atoms with E-state index < -0.39 is 0 Å². The van der Waals surface area contributed by atoms with Crippen molar-refractivity contribution < 1.29 is 4.74 Å². The third-order valence-corrected chi connectivity index (χ3v) is 15.1. The molecule has 0 fully saturated rings. The lowest BCUT2D eigenvalue weighted by Crippen LogP contribution is -2.32. The van der Waals surface area contributed by atoms with Crippen molar-refractivity contribution in [2.24, 2.45) is 0 Å². The highest BCUT2D eigenvalue weighted by Crippen LogP contribution is 2.55. The molecule has 0 bridgehead atoms. The Kier molecular flexibility index (Phi) is 8.52. The van der Waals surface area contributed by atoms with Gasteiger partial charge in [0.25, 0.3) is 0 Å². The van der Waals surface area contributed by atoms with Gasteiger partial charge in [-0.2, -0.15) is 0 Å². The summed E-state index contributed by atoms with van der Waals surface area (Å²) in [4.78, 5) is 7.39. The number of hydrogen-bond acceptors (Lipinski definition) is 4. The van der Waals surface area contributed by atoms with E-state index in [9.17, 15) is 0 Å². The van der Waals surface area contributed by atoms with Gasteiger partial charge in [-0.15, -0.1) is 0 Å². The van der Waals surface area contributed by atoms with Crippen LogP contribution in [0.4, 0.5) is 34.1 Å². The number of rotatable bonds is 5. The molecule has 6 aliphatic rings. The van der Waals surface area contributed by atoms with E-state index in [0.717, 1.165) is 42.9 Å². The molecule has 320 valence electrons. The molecule has 0 saturated heterocycles. The monoisotopic (exact) mass is 853 g/mol. The van der Waals surface area contributed by atoms with Crippen LogP contribution in [0.3, 0.4) is 0 Å². The zero-order valence-corrected chi connectivity index (χ0v) is 38.0. The van der Waals surface area contributed by atoms with E-state index in [-0.39, 0.29) is 10.8 Å². The summed E-state index contributed by atoms with van der Waals surface area (Å²) in [6.07, 6.45) is 17.6. The van der Waals surface area contributed by atoms with Crippen molar-refractivity contribution in [1.29, 1.82) is 0 Å². The number of para-hydroxylation sites is 5. The summed E-state index contributed by atoms with van der Waals surface area (Å²) in [5, 5.41) is 0. The van der Waals surface area contributed by atoms with Crippen LogP contribution in [0, 0.1) is 0 Å². The van der Waals surface area contributed by atoms with Crippen LogP contribution >= 0.6 is 0 Å². The summed E-state index contributed by atoms with van der Waals surface area (Å²) in [7, 11) is 0. The minimum atomic E-state index is -0.170. The number of benzene rings is 7. The van der Waals surface area contributed by atoms with Gasteiger partial charge >= 0.3 is 0 Å². The molecule has 2 heterocycles. The first kappa shape index (κ1) is 38.9. The Labute approximate surface area is 388 Å². The lowest BCUT2D eigenvalue weighted by Gasteiger charge is -2.42. The second-order valence-corrected chi connectivity index (χ2v) is 19.6. The van der Waals surface area contributed by atoms with Crippen molar-refractivity contribution in [1.82, 2.24) is 0 Å². The fourth-order valence-corrected chi connectivity index (χ4v) is 11.7. The molecule has 2 aliphatic heterocycles. The van der Waals surface area contributed by atoms with E-state index in [4.69, 9.17) is 4.74 Å². The summed E-state index contributed by atoms with van der Waals surface area (Å²) >= 11 is 0. The number of hydrogen-bond donors (Lipinski definition) is 0. The Morgan fingerprint density at radius 1 is 0.439 bits per heavy atom. The molecule has 0 unspecified atom stereocenters. The molecule has 0 saturated carbocycles. The average molecular weight is 854 g/mol. The zero-order valence-electron chi connectivity index (χ0n) is 38.0. The predicted octanol–water partition coefficient (Wildman–Crippen LogP) is 16.4. The van der Waals surface area contributed by atoms with Crippen molar-refractivity contribution in [2.75, 3.05) is 14.7 Å². The largest absolute Gasteiger partial charge is 0.453 e. The normalized spacial score (nSPS) is 17.7. The van der Waals surface area contributed by atoms with E-state index in [1.807, 2.05) is 0 Å². The Balaban J connectivity index is 0.801. The molecule has 7 aromatic rings. The Bertz CT molecular complexity index is 3360. The summed E-state index contributed by atoms with van der Waals surface area (Å²) in [6.45, 7) is 9.56. The highest BCUT2D eigenvalue weighted by atomic mass is 16.5. The van der Waals surface area contributed by atoms with Gasteiger partial charge in [-0.05, 0) is 154 Å². The van der Waals surface area contributed by atoms with Crippen LogP contribution < -0.4 is 19.4 Å². The van der Waals surface area contributed by atoms with E-state index in [0.29, 0.717) is 0 Å². The quantitative estimate of drug-likeness (QED) is 0.161. The summed E-state index contributed by atoms with van der Waals surface area (Å²) < 4.78 is 6.39. The van der Waals surface area contributed by atoms with Crippen LogP contribution in [-0.4, -0.2) is 0 Å². The number of anilines is 6. The molecule has 13 rings (SSSR count). The van der Waals surface area contributed by atoms with Crippen LogP contribution in [0.1, 0.15) is 86.8 Å². The second-order valence-electron chi connectivity index (χ2n) is 19.6. The SMILES string of the molecule is CC1(C)c2cc(/C=C/c3ccc4c(c3)C(C)(C)c3cc(N5C6=C(C=CCC6)N(c6ccccc6)c6ccccc65)ccc3-4)ccc2-c2ccc(N3C4=C(C=CCC4)Oc4ccccc43)cc21. The first-order valence-corrected chi connectivity index (χ1v) is 23.6. The van der Waals surface area contributed by atoms with Gasteiger partial charge in [0, 0.05) is 33.6 Å². The molecule has 0 N–H and O–H groups in total. The fourth-order valence-electron chi connectivity index (χ4n) is 11.7. The van der Waals surface area contributed by atoms with E-state index >= 15 is 0 Å². The maximum atomic E-state index is 6.39. The van der Waals surface area contributed by atoms with Crippen molar-refractivity contribution in [3.8, 4) is 28.0 Å². The minimum Gasteiger partial charge on any atom is -0.453 e. The van der Waals surface area contributed by atoms with Crippen molar-refractivity contribution in [2.45, 2.75) is 64.2 Å². The van der Waals surface area contributed by atoms with Crippen LogP contribution in [0.2, 0.25) is 0 Å². The molecule has 4 nitrogen and oxygen atoms in total. The van der Waals surface area contributed by atoms with Crippen molar-refractivity contribution in [3.63, 3.8) is 0 Å². The highest BCUT2D eigenvalue weighted by molar-refractivity contribution is 5.93. The molecule has 4 aliphatic carbocycles. The molecule has 0 spiro atoms. The highest BCUT2D eigenvalue weighted by Gasteiger charge is 2.40.